The quantitative estimate of drug-likeness (QED) is 0.873. The van der Waals surface area contributed by atoms with Crippen LogP contribution < -0.4 is 4.90 Å². The minimum atomic E-state index is -0.959. The van der Waals surface area contributed by atoms with Gasteiger partial charge in [0.1, 0.15) is 0 Å². The Bertz CT molecular complexity index is 477. The second kappa shape index (κ2) is 7.36. The number of carbonyl (C=O) groups is 2. The molecule has 104 valence electrons. The summed E-state index contributed by atoms with van der Waals surface area (Å²) in [6.07, 6.45) is 0.903. The SMILES string of the molecule is CCCC(=O)N(CCC(=O)O)c1ccc(Cl)cc1Cl. The van der Waals surface area contributed by atoms with Gasteiger partial charge in [-0.15, -0.1) is 0 Å². The molecule has 0 bridgehead atoms. The lowest BCUT2D eigenvalue weighted by molar-refractivity contribution is -0.136. The van der Waals surface area contributed by atoms with Crippen LogP contribution in [0.2, 0.25) is 10.0 Å². The zero-order valence-electron chi connectivity index (χ0n) is 10.5. The molecule has 0 aliphatic rings. The molecule has 1 aromatic rings. The highest BCUT2D eigenvalue weighted by Gasteiger charge is 2.18. The number of anilines is 1. The Kier molecular flexibility index (Phi) is 6.12. The van der Waals surface area contributed by atoms with Crippen LogP contribution in [0, 0.1) is 0 Å². The fourth-order valence-electron chi connectivity index (χ4n) is 1.64. The fraction of sp³-hybridized carbons (Fsp3) is 0.385. The van der Waals surface area contributed by atoms with Crippen molar-refractivity contribution in [2.24, 2.45) is 0 Å². The molecule has 0 fully saturated rings. The molecular formula is C13H15Cl2NO3. The van der Waals surface area contributed by atoms with E-state index in [-0.39, 0.29) is 18.9 Å². The van der Waals surface area contributed by atoms with Gasteiger partial charge < -0.3 is 10.0 Å². The van der Waals surface area contributed by atoms with Gasteiger partial charge in [-0.05, 0) is 24.6 Å². The van der Waals surface area contributed by atoms with Gasteiger partial charge in [0.15, 0.2) is 0 Å². The first-order chi connectivity index (χ1) is 8.95. The number of carboxylic acid groups (broad SMARTS) is 1. The molecule has 1 amide bonds. The largest absolute Gasteiger partial charge is 0.481 e. The Morgan fingerprint density at radius 3 is 2.47 bits per heavy atom. The maximum absolute atomic E-state index is 12.0. The van der Waals surface area contributed by atoms with Crippen molar-refractivity contribution >= 4 is 40.8 Å². The van der Waals surface area contributed by atoms with Gasteiger partial charge in [-0.1, -0.05) is 30.1 Å². The summed E-state index contributed by atoms with van der Waals surface area (Å²) in [7, 11) is 0. The van der Waals surface area contributed by atoms with Gasteiger partial charge in [-0.25, -0.2) is 0 Å². The Hall–Kier alpha value is -1.26. The summed E-state index contributed by atoms with van der Waals surface area (Å²) in [6, 6.07) is 4.78. The van der Waals surface area contributed by atoms with Crippen LogP contribution in [0.15, 0.2) is 18.2 Å². The van der Waals surface area contributed by atoms with Crippen LogP contribution in [0.25, 0.3) is 0 Å². The molecule has 0 saturated heterocycles. The van der Waals surface area contributed by atoms with Crippen molar-refractivity contribution in [2.45, 2.75) is 26.2 Å². The van der Waals surface area contributed by atoms with Crippen molar-refractivity contribution in [2.75, 3.05) is 11.4 Å². The number of benzene rings is 1. The summed E-state index contributed by atoms with van der Waals surface area (Å²) < 4.78 is 0. The highest BCUT2D eigenvalue weighted by atomic mass is 35.5. The van der Waals surface area contributed by atoms with Crippen molar-refractivity contribution in [1.82, 2.24) is 0 Å². The lowest BCUT2D eigenvalue weighted by atomic mass is 10.2. The number of halogens is 2. The van der Waals surface area contributed by atoms with Crippen LogP contribution in [0.1, 0.15) is 26.2 Å². The lowest BCUT2D eigenvalue weighted by Crippen LogP contribution is -2.33. The average Bonchev–Trinajstić information content (AvgIpc) is 2.31. The second-order valence-electron chi connectivity index (χ2n) is 4.03. The number of hydrogen-bond donors (Lipinski definition) is 1. The van der Waals surface area contributed by atoms with Crippen molar-refractivity contribution in [3.63, 3.8) is 0 Å². The molecule has 0 aromatic heterocycles. The number of rotatable bonds is 6. The normalized spacial score (nSPS) is 10.3. The van der Waals surface area contributed by atoms with E-state index in [2.05, 4.69) is 0 Å². The first kappa shape index (κ1) is 15.8. The second-order valence-corrected chi connectivity index (χ2v) is 4.88. The molecule has 0 aliphatic carbocycles. The number of amides is 1. The van der Waals surface area contributed by atoms with Gasteiger partial charge in [0.2, 0.25) is 5.91 Å². The molecule has 19 heavy (non-hydrogen) atoms. The summed E-state index contributed by atoms with van der Waals surface area (Å²) in [5.74, 6) is -1.10. The van der Waals surface area contributed by atoms with E-state index < -0.39 is 5.97 Å². The smallest absolute Gasteiger partial charge is 0.305 e. The highest BCUT2D eigenvalue weighted by molar-refractivity contribution is 6.36. The van der Waals surface area contributed by atoms with Gasteiger partial charge in [0.05, 0.1) is 17.1 Å². The average molecular weight is 304 g/mol. The van der Waals surface area contributed by atoms with Crippen molar-refractivity contribution in [1.29, 1.82) is 0 Å². The molecule has 0 unspecified atom stereocenters. The van der Waals surface area contributed by atoms with E-state index in [1.165, 1.54) is 11.0 Å². The van der Waals surface area contributed by atoms with Crippen LogP contribution in [-0.4, -0.2) is 23.5 Å². The van der Waals surface area contributed by atoms with Crippen LogP contribution in [0.3, 0.4) is 0 Å². The van der Waals surface area contributed by atoms with E-state index in [4.69, 9.17) is 28.3 Å². The molecular weight excluding hydrogens is 289 g/mol. The molecule has 1 rings (SSSR count). The third kappa shape index (κ3) is 4.73. The zero-order chi connectivity index (χ0) is 14.4. The topological polar surface area (TPSA) is 57.6 Å². The third-order valence-corrected chi connectivity index (χ3v) is 3.05. The van der Waals surface area contributed by atoms with Gasteiger partial charge in [0.25, 0.3) is 0 Å². The van der Waals surface area contributed by atoms with Crippen molar-refractivity contribution < 1.29 is 14.7 Å². The van der Waals surface area contributed by atoms with Crippen LogP contribution in [-0.2, 0) is 9.59 Å². The predicted molar refractivity (Wildman–Crippen MR) is 76.0 cm³/mol. The lowest BCUT2D eigenvalue weighted by Gasteiger charge is -2.23. The van der Waals surface area contributed by atoms with Crippen LogP contribution in [0.4, 0.5) is 5.69 Å². The molecule has 1 N–H and O–H groups in total. The maximum Gasteiger partial charge on any atom is 0.305 e. The van der Waals surface area contributed by atoms with Crippen molar-refractivity contribution in [3.05, 3.63) is 28.2 Å². The summed E-state index contributed by atoms with van der Waals surface area (Å²) in [4.78, 5) is 24.1. The summed E-state index contributed by atoms with van der Waals surface area (Å²) >= 11 is 11.9. The molecule has 0 atom stereocenters. The number of nitrogens with zero attached hydrogens (tertiary/aromatic N) is 1. The van der Waals surface area contributed by atoms with Crippen LogP contribution >= 0.6 is 23.2 Å². The number of carboxylic acids is 1. The first-order valence-corrected chi connectivity index (χ1v) is 6.68. The monoisotopic (exact) mass is 303 g/mol. The molecule has 0 radical (unpaired) electrons. The molecule has 4 nitrogen and oxygen atoms in total. The van der Waals surface area contributed by atoms with E-state index in [0.29, 0.717) is 28.6 Å². The van der Waals surface area contributed by atoms with E-state index >= 15 is 0 Å². The Balaban J connectivity index is 3.00. The Labute approximate surface area is 121 Å². The van der Waals surface area contributed by atoms with E-state index in [1.54, 1.807) is 12.1 Å². The van der Waals surface area contributed by atoms with Gasteiger partial charge in [-0.3, -0.25) is 9.59 Å². The standard InChI is InChI=1S/C13H15Cl2NO3/c1-2-3-12(17)16(7-6-13(18)19)11-5-4-9(14)8-10(11)15/h4-5,8H,2-3,6-7H2,1H3,(H,18,19). The molecule has 0 spiro atoms. The van der Waals surface area contributed by atoms with E-state index in [0.717, 1.165) is 0 Å². The summed E-state index contributed by atoms with van der Waals surface area (Å²) in [5, 5.41) is 9.55. The van der Waals surface area contributed by atoms with Gasteiger partial charge >= 0.3 is 5.97 Å². The highest BCUT2D eigenvalue weighted by Crippen LogP contribution is 2.29. The zero-order valence-corrected chi connectivity index (χ0v) is 12.0. The Morgan fingerprint density at radius 1 is 1.26 bits per heavy atom. The number of aliphatic carboxylic acids is 1. The minimum absolute atomic E-state index is 0.0928. The molecule has 6 heteroatoms. The third-order valence-electron chi connectivity index (χ3n) is 2.51. The Morgan fingerprint density at radius 2 is 1.95 bits per heavy atom. The fourth-order valence-corrected chi connectivity index (χ4v) is 2.15. The number of hydrogen-bond acceptors (Lipinski definition) is 2. The summed E-state index contributed by atoms with van der Waals surface area (Å²) in [6.45, 7) is 1.98. The van der Waals surface area contributed by atoms with Crippen molar-refractivity contribution in [3.8, 4) is 0 Å². The number of carbonyl (C=O) groups excluding carboxylic acids is 1. The molecule has 0 saturated carbocycles. The van der Waals surface area contributed by atoms with Gasteiger partial charge in [0, 0.05) is 18.0 Å². The summed E-state index contributed by atoms with van der Waals surface area (Å²) in [5.41, 5.74) is 0.491. The van der Waals surface area contributed by atoms with E-state index in [1.807, 2.05) is 6.92 Å². The van der Waals surface area contributed by atoms with Crippen LogP contribution in [0.5, 0.6) is 0 Å². The maximum atomic E-state index is 12.0. The van der Waals surface area contributed by atoms with Gasteiger partial charge in [-0.2, -0.15) is 0 Å². The molecule has 0 aliphatic heterocycles. The molecule has 1 aromatic carbocycles. The predicted octanol–water partition coefficient (Wildman–Crippen LogP) is 3.60. The molecule has 0 heterocycles. The minimum Gasteiger partial charge on any atom is -0.481 e. The van der Waals surface area contributed by atoms with E-state index in [9.17, 15) is 9.59 Å². The first-order valence-electron chi connectivity index (χ1n) is 5.93.